The van der Waals surface area contributed by atoms with E-state index in [1.165, 1.54) is 36.0 Å². The van der Waals surface area contributed by atoms with Gasteiger partial charge in [-0.1, -0.05) is 48.5 Å². The van der Waals surface area contributed by atoms with Crippen molar-refractivity contribution in [2.24, 2.45) is 11.7 Å². The van der Waals surface area contributed by atoms with E-state index in [0.717, 1.165) is 25.1 Å². The first-order chi connectivity index (χ1) is 12.7. The molecule has 1 aliphatic carbocycles. The molecular formula is C23H28N2O. The molecule has 0 bridgehead atoms. The second-order valence-corrected chi connectivity index (χ2v) is 7.80. The van der Waals surface area contributed by atoms with Gasteiger partial charge in [-0.25, -0.2) is 0 Å². The molecule has 0 aromatic heterocycles. The minimum Gasteiger partial charge on any atom is -0.341 e. The monoisotopic (exact) mass is 348 g/mol. The van der Waals surface area contributed by atoms with Crippen molar-refractivity contribution in [2.45, 2.75) is 38.0 Å². The van der Waals surface area contributed by atoms with Gasteiger partial charge in [0.1, 0.15) is 0 Å². The predicted octanol–water partition coefficient (Wildman–Crippen LogP) is 3.31. The summed E-state index contributed by atoms with van der Waals surface area (Å²) in [6.45, 7) is 2.19. The number of fused-ring (bicyclic) bond motifs is 1. The second kappa shape index (κ2) is 7.63. The van der Waals surface area contributed by atoms with E-state index in [1.807, 2.05) is 11.0 Å². The Hall–Kier alpha value is -2.13. The van der Waals surface area contributed by atoms with Crippen LogP contribution in [0.3, 0.4) is 0 Å². The van der Waals surface area contributed by atoms with Crippen molar-refractivity contribution in [3.63, 3.8) is 0 Å². The zero-order valence-corrected chi connectivity index (χ0v) is 15.4. The number of carbonyl (C=O) groups is 1. The van der Waals surface area contributed by atoms with E-state index >= 15 is 0 Å². The van der Waals surface area contributed by atoms with E-state index in [9.17, 15) is 4.79 Å². The maximum atomic E-state index is 12.9. The molecule has 1 heterocycles. The highest BCUT2D eigenvalue weighted by atomic mass is 16.2. The van der Waals surface area contributed by atoms with Gasteiger partial charge in [-0.2, -0.15) is 0 Å². The van der Waals surface area contributed by atoms with Crippen LogP contribution in [0, 0.1) is 5.92 Å². The van der Waals surface area contributed by atoms with Crippen molar-refractivity contribution < 1.29 is 4.79 Å². The van der Waals surface area contributed by atoms with Crippen LogP contribution in [0.5, 0.6) is 0 Å². The highest BCUT2D eigenvalue weighted by Crippen LogP contribution is 2.32. The Balaban J connectivity index is 1.45. The molecule has 2 aromatic carbocycles. The first-order valence-electron chi connectivity index (χ1n) is 9.88. The van der Waals surface area contributed by atoms with Crippen molar-refractivity contribution in [2.75, 3.05) is 19.6 Å². The van der Waals surface area contributed by atoms with Crippen molar-refractivity contribution in [3.8, 4) is 0 Å². The molecule has 1 saturated heterocycles. The Labute approximate surface area is 156 Å². The van der Waals surface area contributed by atoms with E-state index in [2.05, 4.69) is 42.5 Å². The lowest BCUT2D eigenvalue weighted by Crippen LogP contribution is -2.31. The minimum absolute atomic E-state index is 0.234. The lowest BCUT2D eigenvalue weighted by molar-refractivity contribution is -0.129. The number of likely N-dealkylation sites (tertiary alicyclic amines) is 1. The SMILES string of the molecule is NC[C@@H]1CN(C(=O)Cc2ccc3c(c2)CCCC3)C[C@H]1c1ccccc1. The molecule has 2 aromatic rings. The van der Waals surface area contributed by atoms with Gasteiger partial charge in [0.05, 0.1) is 6.42 Å². The van der Waals surface area contributed by atoms with Gasteiger partial charge in [-0.15, -0.1) is 0 Å². The van der Waals surface area contributed by atoms with Gasteiger partial charge < -0.3 is 10.6 Å². The maximum Gasteiger partial charge on any atom is 0.227 e. The standard InChI is InChI=1S/C23H28N2O/c24-14-21-15-25(16-22(21)19-7-2-1-3-8-19)23(26)13-17-10-11-18-6-4-5-9-20(18)12-17/h1-3,7-8,10-12,21-22H,4-6,9,13-16,24H2/t21-,22+/m1/s1. The molecule has 136 valence electrons. The smallest absolute Gasteiger partial charge is 0.227 e. The van der Waals surface area contributed by atoms with Crippen LogP contribution in [0.4, 0.5) is 0 Å². The second-order valence-electron chi connectivity index (χ2n) is 7.80. The Morgan fingerprint density at radius 1 is 1.00 bits per heavy atom. The molecule has 26 heavy (non-hydrogen) atoms. The summed E-state index contributed by atoms with van der Waals surface area (Å²) in [5, 5.41) is 0. The summed E-state index contributed by atoms with van der Waals surface area (Å²) in [5.41, 5.74) is 11.4. The highest BCUT2D eigenvalue weighted by molar-refractivity contribution is 5.79. The number of nitrogens with zero attached hydrogens (tertiary/aromatic N) is 1. The maximum absolute atomic E-state index is 12.9. The van der Waals surface area contributed by atoms with Gasteiger partial charge in [0, 0.05) is 19.0 Å². The van der Waals surface area contributed by atoms with E-state index < -0.39 is 0 Å². The number of aryl methyl sites for hydroxylation is 2. The summed E-state index contributed by atoms with van der Waals surface area (Å²) in [4.78, 5) is 14.9. The number of carbonyl (C=O) groups excluding carboxylic acids is 1. The number of rotatable bonds is 4. The Bertz CT molecular complexity index is 771. The molecule has 4 rings (SSSR count). The van der Waals surface area contributed by atoms with Crippen molar-refractivity contribution in [1.29, 1.82) is 0 Å². The van der Waals surface area contributed by atoms with Gasteiger partial charge >= 0.3 is 0 Å². The third-order valence-corrected chi connectivity index (χ3v) is 6.09. The summed E-state index contributed by atoms with van der Waals surface area (Å²) in [6, 6.07) is 17.1. The number of amides is 1. The molecular weight excluding hydrogens is 320 g/mol. The van der Waals surface area contributed by atoms with Gasteiger partial charge in [0.15, 0.2) is 0 Å². The fourth-order valence-corrected chi connectivity index (χ4v) is 4.57. The first-order valence-corrected chi connectivity index (χ1v) is 9.88. The van der Waals surface area contributed by atoms with E-state index in [0.29, 0.717) is 24.8 Å². The van der Waals surface area contributed by atoms with E-state index in [1.54, 1.807) is 0 Å². The molecule has 2 N–H and O–H groups in total. The normalized spacial score (nSPS) is 22.3. The largest absolute Gasteiger partial charge is 0.341 e. The predicted molar refractivity (Wildman–Crippen MR) is 105 cm³/mol. The van der Waals surface area contributed by atoms with E-state index in [4.69, 9.17) is 5.73 Å². The third-order valence-electron chi connectivity index (χ3n) is 6.09. The average molecular weight is 348 g/mol. The molecule has 1 fully saturated rings. The van der Waals surface area contributed by atoms with Gasteiger partial charge in [0.25, 0.3) is 0 Å². The molecule has 2 aliphatic rings. The zero-order valence-electron chi connectivity index (χ0n) is 15.4. The molecule has 0 unspecified atom stereocenters. The molecule has 1 aliphatic heterocycles. The summed E-state index contributed by atoms with van der Waals surface area (Å²) >= 11 is 0. The Kier molecular flexibility index (Phi) is 5.07. The molecule has 0 spiro atoms. The van der Waals surface area contributed by atoms with Crippen LogP contribution in [-0.4, -0.2) is 30.4 Å². The van der Waals surface area contributed by atoms with Crippen LogP contribution in [-0.2, 0) is 24.1 Å². The molecule has 0 saturated carbocycles. The average Bonchev–Trinajstić information content (AvgIpc) is 3.13. The quantitative estimate of drug-likeness (QED) is 0.921. The number of hydrogen-bond acceptors (Lipinski definition) is 2. The highest BCUT2D eigenvalue weighted by Gasteiger charge is 2.35. The lowest BCUT2D eigenvalue weighted by Gasteiger charge is -2.19. The molecule has 2 atom stereocenters. The topological polar surface area (TPSA) is 46.3 Å². The van der Waals surface area contributed by atoms with Gasteiger partial charge in [-0.3, -0.25) is 4.79 Å². The van der Waals surface area contributed by atoms with Gasteiger partial charge in [-0.05, 0) is 60.4 Å². The number of nitrogens with two attached hydrogens (primary N) is 1. The van der Waals surface area contributed by atoms with Crippen LogP contribution >= 0.6 is 0 Å². The Morgan fingerprint density at radius 3 is 2.54 bits per heavy atom. The van der Waals surface area contributed by atoms with Crippen LogP contribution in [0.1, 0.15) is 41.0 Å². The Morgan fingerprint density at radius 2 is 1.77 bits per heavy atom. The van der Waals surface area contributed by atoms with Crippen LogP contribution in [0.2, 0.25) is 0 Å². The minimum atomic E-state index is 0.234. The molecule has 3 nitrogen and oxygen atoms in total. The summed E-state index contributed by atoms with van der Waals surface area (Å²) in [7, 11) is 0. The fraction of sp³-hybridized carbons (Fsp3) is 0.435. The molecule has 1 amide bonds. The van der Waals surface area contributed by atoms with Crippen molar-refractivity contribution in [3.05, 3.63) is 70.8 Å². The summed E-state index contributed by atoms with van der Waals surface area (Å²) < 4.78 is 0. The molecule has 0 radical (unpaired) electrons. The molecule has 3 heteroatoms. The lowest BCUT2D eigenvalue weighted by atomic mass is 9.89. The summed E-state index contributed by atoms with van der Waals surface area (Å²) in [5.74, 6) is 0.941. The van der Waals surface area contributed by atoms with Crippen LogP contribution in [0.15, 0.2) is 48.5 Å². The number of hydrogen-bond donors (Lipinski definition) is 1. The number of benzene rings is 2. The summed E-state index contributed by atoms with van der Waals surface area (Å²) in [6.07, 6.45) is 5.42. The zero-order chi connectivity index (χ0) is 17.9. The van der Waals surface area contributed by atoms with Crippen molar-refractivity contribution in [1.82, 2.24) is 4.90 Å². The van der Waals surface area contributed by atoms with Crippen molar-refractivity contribution >= 4 is 5.91 Å². The van der Waals surface area contributed by atoms with E-state index in [-0.39, 0.29) is 5.91 Å². The van der Waals surface area contributed by atoms with Crippen LogP contribution < -0.4 is 5.73 Å². The third kappa shape index (κ3) is 3.54. The van der Waals surface area contributed by atoms with Gasteiger partial charge in [0.2, 0.25) is 5.91 Å². The van der Waals surface area contributed by atoms with Crippen LogP contribution in [0.25, 0.3) is 0 Å². The fourth-order valence-electron chi connectivity index (χ4n) is 4.57. The first kappa shape index (κ1) is 17.3.